The molecule has 0 amide bonds. The van der Waals surface area contributed by atoms with E-state index >= 15 is 0 Å². The third-order valence-corrected chi connectivity index (χ3v) is 4.79. The second kappa shape index (κ2) is 5.80. The van der Waals surface area contributed by atoms with Gasteiger partial charge in [-0.2, -0.15) is 0 Å². The molecule has 20 heavy (non-hydrogen) atoms. The minimum absolute atomic E-state index is 0.241. The van der Waals surface area contributed by atoms with Crippen LogP contribution in [0.2, 0.25) is 0 Å². The lowest BCUT2D eigenvalue weighted by molar-refractivity contribution is 1.06. The highest BCUT2D eigenvalue weighted by Crippen LogP contribution is 2.36. The SMILES string of the molecule is CCc1ccccc1C(Br)c1cccc2ccccc12. The maximum atomic E-state index is 3.91. The smallest absolute Gasteiger partial charge is 0.0653 e. The zero-order chi connectivity index (χ0) is 13.9. The van der Waals surface area contributed by atoms with E-state index < -0.39 is 0 Å². The van der Waals surface area contributed by atoms with Crippen LogP contribution < -0.4 is 0 Å². The fourth-order valence-electron chi connectivity index (χ4n) is 2.74. The summed E-state index contributed by atoms with van der Waals surface area (Å²) in [5.74, 6) is 0. The number of fused-ring (bicyclic) bond motifs is 1. The van der Waals surface area contributed by atoms with Gasteiger partial charge in [-0.05, 0) is 33.9 Å². The fourth-order valence-corrected chi connectivity index (χ4v) is 3.59. The van der Waals surface area contributed by atoms with Crippen molar-refractivity contribution in [2.75, 3.05) is 0 Å². The van der Waals surface area contributed by atoms with Gasteiger partial charge in [0.05, 0.1) is 4.83 Å². The largest absolute Gasteiger partial charge is 0.0786 e. The van der Waals surface area contributed by atoms with Crippen molar-refractivity contribution < 1.29 is 0 Å². The Kier molecular flexibility index (Phi) is 3.88. The van der Waals surface area contributed by atoms with Gasteiger partial charge in [0.15, 0.2) is 0 Å². The molecule has 0 radical (unpaired) electrons. The van der Waals surface area contributed by atoms with Crippen LogP contribution in [0.25, 0.3) is 10.8 Å². The summed E-state index contributed by atoms with van der Waals surface area (Å²) in [6.07, 6.45) is 1.06. The molecule has 3 aromatic carbocycles. The van der Waals surface area contributed by atoms with Gasteiger partial charge in [0.1, 0.15) is 0 Å². The van der Waals surface area contributed by atoms with Gasteiger partial charge in [0.25, 0.3) is 0 Å². The third kappa shape index (κ3) is 2.38. The minimum Gasteiger partial charge on any atom is -0.0786 e. The monoisotopic (exact) mass is 324 g/mol. The molecule has 0 aliphatic rings. The van der Waals surface area contributed by atoms with E-state index in [2.05, 4.69) is 89.6 Å². The number of alkyl halides is 1. The molecule has 0 saturated carbocycles. The lowest BCUT2D eigenvalue weighted by Crippen LogP contribution is -1.98. The maximum absolute atomic E-state index is 3.91. The summed E-state index contributed by atoms with van der Waals surface area (Å²) in [7, 11) is 0. The summed E-state index contributed by atoms with van der Waals surface area (Å²) in [4.78, 5) is 0.241. The van der Waals surface area contributed by atoms with Crippen molar-refractivity contribution in [2.45, 2.75) is 18.2 Å². The van der Waals surface area contributed by atoms with E-state index in [0.29, 0.717) is 0 Å². The molecule has 0 aliphatic carbocycles. The summed E-state index contributed by atoms with van der Waals surface area (Å²) in [5.41, 5.74) is 4.11. The molecular formula is C19H17Br. The lowest BCUT2D eigenvalue weighted by Gasteiger charge is -2.16. The predicted molar refractivity (Wildman–Crippen MR) is 90.5 cm³/mol. The maximum Gasteiger partial charge on any atom is 0.0653 e. The van der Waals surface area contributed by atoms with Crippen LogP contribution in [-0.2, 0) is 6.42 Å². The van der Waals surface area contributed by atoms with Gasteiger partial charge in [0, 0.05) is 0 Å². The van der Waals surface area contributed by atoms with Crippen LogP contribution in [0.3, 0.4) is 0 Å². The van der Waals surface area contributed by atoms with Crippen LogP contribution in [-0.4, -0.2) is 0 Å². The van der Waals surface area contributed by atoms with Gasteiger partial charge in [-0.15, -0.1) is 0 Å². The van der Waals surface area contributed by atoms with Crippen LogP contribution in [0.1, 0.15) is 28.4 Å². The summed E-state index contributed by atoms with van der Waals surface area (Å²) in [6.45, 7) is 2.21. The van der Waals surface area contributed by atoms with Gasteiger partial charge in [-0.25, -0.2) is 0 Å². The first-order valence-corrected chi connectivity index (χ1v) is 7.92. The van der Waals surface area contributed by atoms with Crippen molar-refractivity contribution in [3.8, 4) is 0 Å². The number of hydrogen-bond donors (Lipinski definition) is 0. The molecule has 0 fully saturated rings. The second-order valence-electron chi connectivity index (χ2n) is 4.98. The van der Waals surface area contributed by atoms with E-state index in [1.165, 1.54) is 27.5 Å². The number of rotatable bonds is 3. The molecule has 0 nitrogen and oxygen atoms in total. The molecule has 0 spiro atoms. The van der Waals surface area contributed by atoms with E-state index in [-0.39, 0.29) is 4.83 Å². The number of aryl methyl sites for hydroxylation is 1. The van der Waals surface area contributed by atoms with Crippen LogP contribution in [0.5, 0.6) is 0 Å². The number of hydrogen-bond acceptors (Lipinski definition) is 0. The van der Waals surface area contributed by atoms with Crippen LogP contribution in [0, 0.1) is 0 Å². The molecule has 0 heterocycles. The van der Waals surface area contributed by atoms with Crippen LogP contribution in [0.4, 0.5) is 0 Å². The molecule has 3 aromatic rings. The number of benzene rings is 3. The Labute approximate surface area is 128 Å². The molecular weight excluding hydrogens is 308 g/mol. The Morgan fingerprint density at radius 2 is 1.45 bits per heavy atom. The summed E-state index contributed by atoms with van der Waals surface area (Å²) >= 11 is 3.91. The quantitative estimate of drug-likeness (QED) is 0.527. The topological polar surface area (TPSA) is 0 Å². The normalized spacial score (nSPS) is 12.5. The molecule has 100 valence electrons. The van der Waals surface area contributed by atoms with Gasteiger partial charge < -0.3 is 0 Å². The van der Waals surface area contributed by atoms with Crippen molar-refractivity contribution in [1.29, 1.82) is 0 Å². The molecule has 0 saturated heterocycles. The highest BCUT2D eigenvalue weighted by molar-refractivity contribution is 9.09. The van der Waals surface area contributed by atoms with Crippen LogP contribution in [0.15, 0.2) is 66.7 Å². The minimum atomic E-state index is 0.241. The standard InChI is InChI=1S/C19H17Br/c1-2-14-8-3-6-12-17(14)19(20)18-13-7-10-15-9-4-5-11-16(15)18/h3-13,19H,2H2,1H3. The molecule has 1 heteroatoms. The Morgan fingerprint density at radius 1 is 0.800 bits per heavy atom. The summed E-state index contributed by atoms with van der Waals surface area (Å²) < 4.78 is 0. The molecule has 0 N–H and O–H groups in total. The Morgan fingerprint density at radius 3 is 2.30 bits per heavy atom. The van der Waals surface area contributed by atoms with E-state index in [4.69, 9.17) is 0 Å². The predicted octanol–water partition coefficient (Wildman–Crippen LogP) is 5.89. The molecule has 0 aromatic heterocycles. The van der Waals surface area contributed by atoms with E-state index in [9.17, 15) is 0 Å². The molecule has 0 aliphatic heterocycles. The van der Waals surface area contributed by atoms with Gasteiger partial charge in [-0.1, -0.05) is 89.6 Å². The third-order valence-electron chi connectivity index (χ3n) is 3.81. The first kappa shape index (κ1) is 13.4. The highest BCUT2D eigenvalue weighted by Gasteiger charge is 2.15. The fraction of sp³-hybridized carbons (Fsp3) is 0.158. The Hall–Kier alpha value is -1.60. The average molecular weight is 325 g/mol. The van der Waals surface area contributed by atoms with E-state index in [1.807, 2.05) is 0 Å². The van der Waals surface area contributed by atoms with Crippen molar-refractivity contribution >= 4 is 26.7 Å². The van der Waals surface area contributed by atoms with Gasteiger partial charge in [0.2, 0.25) is 0 Å². The van der Waals surface area contributed by atoms with Crippen LogP contribution >= 0.6 is 15.9 Å². The second-order valence-corrected chi connectivity index (χ2v) is 5.90. The summed E-state index contributed by atoms with van der Waals surface area (Å²) in [6, 6.07) is 23.8. The molecule has 0 bridgehead atoms. The van der Waals surface area contributed by atoms with Gasteiger partial charge in [-0.3, -0.25) is 0 Å². The Bertz CT molecular complexity index is 725. The zero-order valence-electron chi connectivity index (χ0n) is 11.5. The summed E-state index contributed by atoms with van der Waals surface area (Å²) in [5, 5.41) is 2.62. The van der Waals surface area contributed by atoms with E-state index in [0.717, 1.165) is 6.42 Å². The van der Waals surface area contributed by atoms with Crippen molar-refractivity contribution in [2.24, 2.45) is 0 Å². The number of halogens is 1. The molecule has 3 rings (SSSR count). The zero-order valence-corrected chi connectivity index (χ0v) is 13.1. The highest BCUT2D eigenvalue weighted by atomic mass is 79.9. The lowest BCUT2D eigenvalue weighted by atomic mass is 9.95. The van der Waals surface area contributed by atoms with Gasteiger partial charge >= 0.3 is 0 Å². The first-order chi connectivity index (χ1) is 9.81. The van der Waals surface area contributed by atoms with Crippen molar-refractivity contribution in [1.82, 2.24) is 0 Å². The Balaban J connectivity index is 2.15. The average Bonchev–Trinajstić information content (AvgIpc) is 2.53. The molecule has 1 unspecified atom stereocenters. The molecule has 1 atom stereocenters. The van der Waals surface area contributed by atoms with Crippen molar-refractivity contribution in [3.63, 3.8) is 0 Å². The van der Waals surface area contributed by atoms with E-state index in [1.54, 1.807) is 0 Å². The van der Waals surface area contributed by atoms with Crippen molar-refractivity contribution in [3.05, 3.63) is 83.4 Å². The first-order valence-electron chi connectivity index (χ1n) is 7.00.